The topological polar surface area (TPSA) is 15.3 Å². The largest absolute Gasteiger partial charge is 0.365 e. The van der Waals surface area contributed by atoms with Gasteiger partial charge in [-0.1, -0.05) is 6.58 Å². The Labute approximate surface area is 70.1 Å². The maximum Gasteiger partial charge on any atom is 0.183 e. The molecular formula is C6H8N2S2. The van der Waals surface area contributed by atoms with Gasteiger partial charge in [0.2, 0.25) is 0 Å². The number of nitrogens with one attached hydrogen (secondary N) is 1. The first-order chi connectivity index (χ1) is 4.75. The van der Waals surface area contributed by atoms with Crippen molar-refractivity contribution in [3.63, 3.8) is 0 Å². The summed E-state index contributed by atoms with van der Waals surface area (Å²) in [6.07, 6.45) is 1.92. The molecule has 0 amide bonds. The Morgan fingerprint density at radius 1 is 1.90 bits per heavy atom. The molecule has 1 heterocycles. The molecule has 0 unspecified atom stereocenters. The summed E-state index contributed by atoms with van der Waals surface area (Å²) in [5, 5.41) is 5.52. The zero-order chi connectivity index (χ0) is 7.56. The standard InChI is InChI=1S/C6H8N2S2/c1-5-3-4-10-8(5)6(9)7-2/h3-4H,1H2,2H3,(H,7,9). The molecule has 0 bridgehead atoms. The summed E-state index contributed by atoms with van der Waals surface area (Å²) < 4.78 is 1.86. The van der Waals surface area contributed by atoms with E-state index in [1.54, 1.807) is 7.05 Å². The lowest BCUT2D eigenvalue weighted by Crippen LogP contribution is -2.29. The molecule has 0 saturated heterocycles. The van der Waals surface area contributed by atoms with Crippen LogP contribution in [0.4, 0.5) is 0 Å². The van der Waals surface area contributed by atoms with Crippen LogP contribution in [-0.2, 0) is 0 Å². The van der Waals surface area contributed by atoms with Gasteiger partial charge in [0.1, 0.15) is 0 Å². The zero-order valence-corrected chi connectivity index (χ0v) is 7.26. The van der Waals surface area contributed by atoms with E-state index in [-0.39, 0.29) is 0 Å². The summed E-state index contributed by atoms with van der Waals surface area (Å²) in [5.74, 6) is 0. The molecule has 1 N–H and O–H groups in total. The lowest BCUT2D eigenvalue weighted by atomic mass is 10.5. The molecule has 1 rings (SSSR count). The van der Waals surface area contributed by atoms with E-state index >= 15 is 0 Å². The second-order valence-corrected chi connectivity index (χ2v) is 2.98. The number of thiocarbonyl (C=S) groups is 1. The van der Waals surface area contributed by atoms with Gasteiger partial charge in [-0.2, -0.15) is 0 Å². The lowest BCUT2D eigenvalue weighted by Gasteiger charge is -2.16. The van der Waals surface area contributed by atoms with Gasteiger partial charge in [0.25, 0.3) is 0 Å². The van der Waals surface area contributed by atoms with E-state index in [4.69, 9.17) is 12.2 Å². The first-order valence-corrected chi connectivity index (χ1v) is 4.04. The van der Waals surface area contributed by atoms with Crippen LogP contribution in [0.5, 0.6) is 0 Å². The van der Waals surface area contributed by atoms with Crippen LogP contribution in [0.2, 0.25) is 0 Å². The van der Waals surface area contributed by atoms with Crippen molar-refractivity contribution < 1.29 is 0 Å². The van der Waals surface area contributed by atoms with Gasteiger partial charge in [-0.05, 0) is 35.6 Å². The van der Waals surface area contributed by atoms with E-state index in [9.17, 15) is 0 Å². The number of hydrogen-bond acceptors (Lipinski definition) is 2. The zero-order valence-electron chi connectivity index (χ0n) is 5.63. The normalized spacial score (nSPS) is 16.1. The highest BCUT2D eigenvalue weighted by molar-refractivity contribution is 8.01. The molecule has 0 spiro atoms. The number of allylic oxidation sites excluding steroid dienone is 1. The van der Waals surface area contributed by atoms with Crippen LogP contribution in [0.15, 0.2) is 23.8 Å². The molecule has 0 aromatic carbocycles. The van der Waals surface area contributed by atoms with Gasteiger partial charge in [0.05, 0.1) is 0 Å². The number of nitrogens with zero attached hydrogens (tertiary/aromatic N) is 1. The molecule has 0 aliphatic carbocycles. The van der Waals surface area contributed by atoms with E-state index in [1.807, 2.05) is 15.8 Å². The molecule has 54 valence electrons. The van der Waals surface area contributed by atoms with E-state index in [0.29, 0.717) is 5.11 Å². The highest BCUT2D eigenvalue weighted by Gasteiger charge is 2.13. The summed E-state index contributed by atoms with van der Waals surface area (Å²) >= 11 is 6.52. The highest BCUT2D eigenvalue weighted by atomic mass is 32.2. The monoisotopic (exact) mass is 172 g/mol. The Kier molecular flexibility index (Phi) is 2.34. The molecule has 0 aromatic rings. The van der Waals surface area contributed by atoms with Gasteiger partial charge in [-0.3, -0.25) is 4.31 Å². The van der Waals surface area contributed by atoms with Crippen molar-refractivity contribution in [2.45, 2.75) is 0 Å². The molecule has 2 nitrogen and oxygen atoms in total. The van der Waals surface area contributed by atoms with Gasteiger partial charge in [0.15, 0.2) is 5.11 Å². The molecule has 0 fully saturated rings. The Bertz CT molecular complexity index is 198. The maximum atomic E-state index is 4.99. The molecule has 0 radical (unpaired) electrons. The average Bonchev–Trinajstić information content (AvgIpc) is 2.34. The molecule has 1 aliphatic heterocycles. The summed E-state index contributed by atoms with van der Waals surface area (Å²) in [6, 6.07) is 0. The van der Waals surface area contributed by atoms with Gasteiger partial charge in [-0.15, -0.1) is 0 Å². The van der Waals surface area contributed by atoms with Crippen molar-refractivity contribution >= 4 is 29.3 Å². The Balaban J connectivity index is 2.59. The minimum absolute atomic E-state index is 0.694. The summed E-state index contributed by atoms with van der Waals surface area (Å²) in [5.41, 5.74) is 0.921. The smallest absolute Gasteiger partial charge is 0.183 e. The summed E-state index contributed by atoms with van der Waals surface area (Å²) in [7, 11) is 1.80. The van der Waals surface area contributed by atoms with Crippen molar-refractivity contribution in [2.24, 2.45) is 0 Å². The fourth-order valence-electron chi connectivity index (χ4n) is 0.585. The molecule has 1 aliphatic rings. The molecular weight excluding hydrogens is 164 g/mol. The first-order valence-electron chi connectivity index (χ1n) is 2.80. The van der Waals surface area contributed by atoms with Crippen LogP contribution in [0.25, 0.3) is 0 Å². The van der Waals surface area contributed by atoms with Crippen molar-refractivity contribution in [3.05, 3.63) is 23.8 Å². The van der Waals surface area contributed by atoms with Gasteiger partial charge < -0.3 is 5.32 Å². The fraction of sp³-hybridized carbons (Fsp3) is 0.167. The van der Waals surface area contributed by atoms with Gasteiger partial charge >= 0.3 is 0 Å². The Hall–Kier alpha value is -0.480. The molecule has 10 heavy (non-hydrogen) atoms. The minimum Gasteiger partial charge on any atom is -0.365 e. The third-order valence-corrected chi connectivity index (χ3v) is 2.47. The third-order valence-electron chi connectivity index (χ3n) is 1.09. The fourth-order valence-corrected chi connectivity index (χ4v) is 1.55. The number of rotatable bonds is 0. The maximum absolute atomic E-state index is 4.99. The second-order valence-electron chi connectivity index (χ2n) is 1.75. The van der Waals surface area contributed by atoms with Crippen LogP contribution < -0.4 is 5.32 Å². The van der Waals surface area contributed by atoms with Crippen molar-refractivity contribution in [1.82, 2.24) is 9.62 Å². The van der Waals surface area contributed by atoms with E-state index in [0.717, 1.165) is 5.70 Å². The highest BCUT2D eigenvalue weighted by Crippen LogP contribution is 2.25. The van der Waals surface area contributed by atoms with Crippen LogP contribution in [0.3, 0.4) is 0 Å². The van der Waals surface area contributed by atoms with Crippen LogP contribution in [-0.4, -0.2) is 16.5 Å². The molecule has 0 aromatic heterocycles. The summed E-state index contributed by atoms with van der Waals surface area (Å²) in [6.45, 7) is 3.80. The van der Waals surface area contributed by atoms with Gasteiger partial charge in [0, 0.05) is 12.7 Å². The average molecular weight is 172 g/mol. The SMILES string of the molecule is C=C1C=CSN1C(=S)NC. The third kappa shape index (κ3) is 1.33. The van der Waals surface area contributed by atoms with Crippen LogP contribution in [0.1, 0.15) is 0 Å². The van der Waals surface area contributed by atoms with Crippen molar-refractivity contribution in [2.75, 3.05) is 7.05 Å². The lowest BCUT2D eigenvalue weighted by molar-refractivity contribution is 0.857. The Morgan fingerprint density at radius 3 is 3.00 bits per heavy atom. The van der Waals surface area contributed by atoms with Crippen LogP contribution in [0, 0.1) is 0 Å². The number of hydrogen-bond donors (Lipinski definition) is 1. The molecule has 4 heteroatoms. The van der Waals surface area contributed by atoms with Gasteiger partial charge in [-0.25, -0.2) is 0 Å². The second kappa shape index (κ2) is 3.07. The quantitative estimate of drug-likeness (QED) is 0.439. The predicted octanol–water partition coefficient (Wildman–Crippen LogP) is 1.48. The van der Waals surface area contributed by atoms with E-state index in [2.05, 4.69) is 11.9 Å². The van der Waals surface area contributed by atoms with Crippen LogP contribution >= 0.6 is 24.2 Å². The first kappa shape index (κ1) is 7.63. The van der Waals surface area contributed by atoms with Crippen molar-refractivity contribution in [1.29, 1.82) is 0 Å². The van der Waals surface area contributed by atoms with E-state index in [1.165, 1.54) is 11.9 Å². The summed E-state index contributed by atoms with van der Waals surface area (Å²) in [4.78, 5) is 0. The predicted molar refractivity (Wildman–Crippen MR) is 49.4 cm³/mol. The molecule has 0 saturated carbocycles. The Morgan fingerprint density at radius 2 is 2.60 bits per heavy atom. The van der Waals surface area contributed by atoms with Crippen molar-refractivity contribution in [3.8, 4) is 0 Å². The van der Waals surface area contributed by atoms with E-state index < -0.39 is 0 Å². The molecule has 0 atom stereocenters. The minimum atomic E-state index is 0.694.